The van der Waals surface area contributed by atoms with E-state index in [1.165, 1.54) is 18.2 Å². The van der Waals surface area contributed by atoms with E-state index in [4.69, 9.17) is 12.2 Å². The standard InChI is InChI=1S/C20H22N2O5S3/c23-14-6-11(5-13(18(14)26)10-30-20-21-3-4-29-20)1-2-17(28)22-9-12-7-15(24)19(27)16(25)8-12/h1-2,5-8,20-21,23-27H,3-4,9-10H2,(H,22,28)/b2-1+. The first kappa shape index (κ1) is 22.4. The second-order valence-electron chi connectivity index (χ2n) is 6.55. The first-order valence-electron chi connectivity index (χ1n) is 9.04. The van der Waals surface area contributed by atoms with E-state index in [1.807, 2.05) is 11.8 Å². The molecule has 2 aromatic rings. The Morgan fingerprint density at radius 1 is 1.10 bits per heavy atom. The van der Waals surface area contributed by atoms with Crippen molar-refractivity contribution in [3.05, 3.63) is 47.0 Å². The van der Waals surface area contributed by atoms with Crippen LogP contribution in [0.3, 0.4) is 0 Å². The van der Waals surface area contributed by atoms with Gasteiger partial charge in [-0.15, -0.1) is 23.5 Å². The third-order valence-electron chi connectivity index (χ3n) is 4.29. The molecule has 1 heterocycles. The van der Waals surface area contributed by atoms with Crippen LogP contribution < -0.4 is 10.6 Å². The zero-order valence-electron chi connectivity index (χ0n) is 15.8. The van der Waals surface area contributed by atoms with Crippen LogP contribution in [0.15, 0.2) is 30.3 Å². The van der Waals surface area contributed by atoms with Gasteiger partial charge in [0, 0.05) is 30.2 Å². The fourth-order valence-electron chi connectivity index (χ4n) is 2.77. The van der Waals surface area contributed by atoms with Gasteiger partial charge in [0.15, 0.2) is 28.7 Å². The molecule has 2 aromatic carbocycles. The van der Waals surface area contributed by atoms with Crippen LogP contribution in [0, 0.1) is 0 Å². The summed E-state index contributed by atoms with van der Waals surface area (Å²) in [6, 6.07) is 5.92. The van der Waals surface area contributed by atoms with E-state index in [-0.39, 0.29) is 22.7 Å². The number of hydrogen-bond acceptors (Lipinski definition) is 9. The summed E-state index contributed by atoms with van der Waals surface area (Å²) in [5, 5.41) is 55.0. The Morgan fingerprint density at radius 2 is 1.80 bits per heavy atom. The number of phenols is 5. The quantitative estimate of drug-likeness (QED) is 0.186. The molecule has 3 rings (SSSR count). The first-order chi connectivity index (χ1) is 14.3. The molecule has 1 aliphatic rings. The van der Waals surface area contributed by atoms with E-state index in [1.54, 1.807) is 30.0 Å². The van der Waals surface area contributed by atoms with Gasteiger partial charge >= 0.3 is 0 Å². The first-order valence-corrected chi connectivity index (χ1v) is 11.5. The van der Waals surface area contributed by atoms with Gasteiger partial charge in [-0.05, 0) is 41.5 Å². The van der Waals surface area contributed by atoms with Crippen molar-refractivity contribution in [2.75, 3.05) is 12.3 Å². The molecule has 160 valence electrons. The summed E-state index contributed by atoms with van der Waals surface area (Å²) in [6.07, 6.45) is 3.36. The minimum absolute atomic E-state index is 0.115. The Hall–Kier alpha value is -2.27. The molecule has 1 aliphatic heterocycles. The monoisotopic (exact) mass is 466 g/mol. The molecule has 0 aromatic heterocycles. The Morgan fingerprint density at radius 3 is 2.47 bits per heavy atom. The Labute approximate surface area is 187 Å². The normalized spacial score (nSPS) is 16.2. The van der Waals surface area contributed by atoms with Gasteiger partial charge < -0.3 is 30.8 Å². The average Bonchev–Trinajstić information content (AvgIpc) is 3.23. The van der Waals surface area contributed by atoms with E-state index in [0.717, 1.165) is 12.3 Å². The largest absolute Gasteiger partial charge is 0.504 e. The van der Waals surface area contributed by atoms with Crippen molar-refractivity contribution in [2.45, 2.75) is 17.0 Å². The van der Waals surface area contributed by atoms with Crippen LogP contribution in [0.2, 0.25) is 0 Å². The molecule has 1 atom stereocenters. The summed E-state index contributed by atoms with van der Waals surface area (Å²) < 4.78 is 0.279. The summed E-state index contributed by atoms with van der Waals surface area (Å²) >= 11 is 8.74. The van der Waals surface area contributed by atoms with Gasteiger partial charge in [0.2, 0.25) is 0 Å². The van der Waals surface area contributed by atoms with Crippen molar-refractivity contribution < 1.29 is 25.5 Å². The number of benzene rings is 2. The van der Waals surface area contributed by atoms with E-state index >= 15 is 0 Å². The molecular weight excluding hydrogens is 444 g/mol. The fraction of sp³-hybridized carbons (Fsp3) is 0.250. The van der Waals surface area contributed by atoms with Gasteiger partial charge in [0.25, 0.3) is 0 Å². The van der Waals surface area contributed by atoms with Gasteiger partial charge in [-0.2, -0.15) is 0 Å². The van der Waals surface area contributed by atoms with E-state index in [9.17, 15) is 25.5 Å². The SMILES string of the molecule is Oc1cc(CNC(=S)/C=C/c2cc(O)c(O)c(CSC3NCCS3)c2)cc(O)c1O. The number of thiocarbonyl (C=S) groups is 1. The molecule has 10 heteroatoms. The van der Waals surface area contributed by atoms with Crippen molar-refractivity contribution >= 4 is 46.8 Å². The zero-order valence-corrected chi connectivity index (χ0v) is 18.3. The topological polar surface area (TPSA) is 125 Å². The predicted octanol–water partition coefficient (Wildman–Crippen LogP) is 3.20. The van der Waals surface area contributed by atoms with Crippen LogP contribution in [0.25, 0.3) is 6.08 Å². The number of rotatable bonds is 7. The number of aromatic hydroxyl groups is 5. The Bertz CT molecular complexity index is 939. The lowest BCUT2D eigenvalue weighted by molar-refractivity contribution is 0.367. The van der Waals surface area contributed by atoms with Gasteiger partial charge in [0.1, 0.15) is 4.71 Å². The van der Waals surface area contributed by atoms with Crippen LogP contribution in [0.1, 0.15) is 16.7 Å². The molecule has 1 fully saturated rings. The minimum Gasteiger partial charge on any atom is -0.504 e. The van der Waals surface area contributed by atoms with Crippen molar-refractivity contribution in [3.8, 4) is 28.7 Å². The van der Waals surface area contributed by atoms with Crippen molar-refractivity contribution in [1.29, 1.82) is 0 Å². The predicted molar refractivity (Wildman–Crippen MR) is 125 cm³/mol. The molecular formula is C20H22N2O5S3. The van der Waals surface area contributed by atoms with Crippen molar-refractivity contribution in [3.63, 3.8) is 0 Å². The van der Waals surface area contributed by atoms with Gasteiger partial charge in [0.05, 0.1) is 4.99 Å². The molecule has 0 radical (unpaired) electrons. The maximum atomic E-state index is 10.1. The molecule has 7 nitrogen and oxygen atoms in total. The number of thioether (sulfide) groups is 2. The highest BCUT2D eigenvalue weighted by molar-refractivity contribution is 8.16. The van der Waals surface area contributed by atoms with Crippen molar-refractivity contribution in [2.24, 2.45) is 0 Å². The van der Waals surface area contributed by atoms with Gasteiger partial charge in [-0.1, -0.05) is 18.3 Å². The minimum atomic E-state index is -0.565. The maximum Gasteiger partial charge on any atom is 0.200 e. The van der Waals surface area contributed by atoms with E-state index < -0.39 is 17.2 Å². The molecule has 0 amide bonds. The fourth-order valence-corrected chi connectivity index (χ4v) is 5.26. The maximum absolute atomic E-state index is 10.1. The highest BCUT2D eigenvalue weighted by Gasteiger charge is 2.17. The van der Waals surface area contributed by atoms with E-state index in [2.05, 4.69) is 10.6 Å². The lowest BCUT2D eigenvalue weighted by atomic mass is 10.1. The highest BCUT2D eigenvalue weighted by Crippen LogP contribution is 2.37. The lowest BCUT2D eigenvalue weighted by Gasteiger charge is -2.12. The van der Waals surface area contributed by atoms with E-state index in [0.29, 0.717) is 27.4 Å². The lowest BCUT2D eigenvalue weighted by Crippen LogP contribution is -2.18. The third kappa shape index (κ3) is 5.88. The molecule has 30 heavy (non-hydrogen) atoms. The number of hydrogen-bond donors (Lipinski definition) is 7. The second-order valence-corrected chi connectivity index (χ2v) is 9.59. The molecule has 1 unspecified atom stereocenters. The second kappa shape index (κ2) is 10.2. The summed E-state index contributed by atoms with van der Waals surface area (Å²) in [5.41, 5.74) is 1.87. The molecule has 0 aliphatic carbocycles. The molecule has 1 saturated heterocycles. The van der Waals surface area contributed by atoms with Crippen LogP contribution >= 0.6 is 35.7 Å². The summed E-state index contributed by atoms with van der Waals surface area (Å²) in [7, 11) is 0. The zero-order chi connectivity index (χ0) is 21.7. The van der Waals surface area contributed by atoms with Crippen LogP contribution in [0.4, 0.5) is 0 Å². The highest BCUT2D eigenvalue weighted by atomic mass is 32.2. The Kier molecular flexibility index (Phi) is 7.59. The van der Waals surface area contributed by atoms with Crippen LogP contribution in [0.5, 0.6) is 28.7 Å². The van der Waals surface area contributed by atoms with Crippen LogP contribution in [-0.2, 0) is 12.3 Å². The number of nitrogens with one attached hydrogen (secondary N) is 2. The molecule has 0 bridgehead atoms. The summed E-state index contributed by atoms with van der Waals surface area (Å²) in [6.45, 7) is 1.20. The molecule has 0 spiro atoms. The van der Waals surface area contributed by atoms with Gasteiger partial charge in [-0.3, -0.25) is 5.32 Å². The molecule has 7 N–H and O–H groups in total. The Balaban J connectivity index is 1.61. The third-order valence-corrected chi connectivity index (χ3v) is 7.24. The number of phenolic OH excluding ortho intramolecular Hbond substituents is 5. The summed E-state index contributed by atoms with van der Waals surface area (Å²) in [4.78, 5) is 0.400. The molecule has 0 saturated carbocycles. The van der Waals surface area contributed by atoms with Crippen molar-refractivity contribution in [1.82, 2.24) is 10.6 Å². The summed E-state index contributed by atoms with van der Waals surface area (Å²) in [5.74, 6) is -0.0733. The van der Waals surface area contributed by atoms with Crippen LogP contribution in [-0.4, -0.2) is 47.5 Å². The smallest absolute Gasteiger partial charge is 0.200 e. The van der Waals surface area contributed by atoms with Gasteiger partial charge in [-0.25, -0.2) is 0 Å². The average molecular weight is 467 g/mol.